The molecular formula is C11H16BrN3. The van der Waals surface area contributed by atoms with Crippen molar-refractivity contribution in [2.45, 2.75) is 25.4 Å². The zero-order chi connectivity index (χ0) is 10.7. The third kappa shape index (κ3) is 3.26. The maximum atomic E-state index is 5.94. The third-order valence-electron chi connectivity index (χ3n) is 2.74. The largest absolute Gasteiger partial charge is 0.327 e. The molecule has 2 heterocycles. The highest BCUT2D eigenvalue weighted by Gasteiger charge is 2.16. The molecule has 2 rings (SSSR count). The number of pyridine rings is 1. The van der Waals surface area contributed by atoms with Gasteiger partial charge in [-0.2, -0.15) is 0 Å². The molecule has 82 valence electrons. The van der Waals surface area contributed by atoms with Crippen LogP contribution < -0.4 is 5.73 Å². The Bertz CT molecular complexity index is 312. The van der Waals surface area contributed by atoms with Crippen LogP contribution in [0.2, 0.25) is 0 Å². The van der Waals surface area contributed by atoms with E-state index in [9.17, 15) is 0 Å². The fourth-order valence-electron chi connectivity index (χ4n) is 1.99. The number of rotatable bonds is 2. The summed E-state index contributed by atoms with van der Waals surface area (Å²) in [7, 11) is 0. The van der Waals surface area contributed by atoms with Crippen molar-refractivity contribution in [2.75, 3.05) is 13.1 Å². The lowest BCUT2D eigenvalue weighted by Gasteiger charge is -2.30. The molecule has 0 aromatic carbocycles. The molecule has 0 spiro atoms. The maximum absolute atomic E-state index is 5.94. The van der Waals surface area contributed by atoms with Gasteiger partial charge in [-0.25, -0.2) is 4.98 Å². The van der Waals surface area contributed by atoms with Crippen LogP contribution in [-0.4, -0.2) is 29.0 Å². The molecule has 1 aromatic heterocycles. The lowest BCUT2D eigenvalue weighted by Crippen LogP contribution is -2.42. The van der Waals surface area contributed by atoms with Gasteiger partial charge in [-0.1, -0.05) is 6.07 Å². The Kier molecular flexibility index (Phi) is 3.72. The Labute approximate surface area is 98.8 Å². The van der Waals surface area contributed by atoms with Gasteiger partial charge in [-0.15, -0.1) is 0 Å². The number of nitrogens with zero attached hydrogens (tertiary/aromatic N) is 2. The zero-order valence-electron chi connectivity index (χ0n) is 8.69. The number of aromatic nitrogens is 1. The minimum Gasteiger partial charge on any atom is -0.327 e. The molecule has 4 heteroatoms. The smallest absolute Gasteiger partial charge is 0.106 e. The summed E-state index contributed by atoms with van der Waals surface area (Å²) in [4.78, 5) is 6.62. The molecule has 1 saturated heterocycles. The van der Waals surface area contributed by atoms with E-state index in [2.05, 4.69) is 31.9 Å². The van der Waals surface area contributed by atoms with E-state index in [1.807, 2.05) is 12.3 Å². The molecule has 0 saturated carbocycles. The van der Waals surface area contributed by atoms with Gasteiger partial charge in [0.15, 0.2) is 0 Å². The number of hydrogen-bond acceptors (Lipinski definition) is 3. The van der Waals surface area contributed by atoms with Gasteiger partial charge in [-0.05, 0) is 46.9 Å². The van der Waals surface area contributed by atoms with Crippen LogP contribution in [0.3, 0.4) is 0 Å². The summed E-state index contributed by atoms with van der Waals surface area (Å²) in [6, 6.07) is 4.44. The fraction of sp³-hybridized carbons (Fsp3) is 0.545. The summed E-state index contributed by atoms with van der Waals surface area (Å²) in [6.07, 6.45) is 4.30. The highest BCUT2D eigenvalue weighted by Crippen LogP contribution is 2.13. The number of nitrogens with two attached hydrogens (primary N) is 1. The van der Waals surface area contributed by atoms with E-state index in [1.165, 1.54) is 12.0 Å². The first kappa shape index (κ1) is 11.0. The summed E-state index contributed by atoms with van der Waals surface area (Å²) >= 11 is 3.34. The van der Waals surface area contributed by atoms with E-state index >= 15 is 0 Å². The highest BCUT2D eigenvalue weighted by molar-refractivity contribution is 9.10. The second-order valence-electron chi connectivity index (χ2n) is 4.13. The number of likely N-dealkylation sites (tertiary alicyclic amines) is 1. The van der Waals surface area contributed by atoms with Crippen molar-refractivity contribution in [3.8, 4) is 0 Å². The lowest BCUT2D eigenvalue weighted by molar-refractivity contribution is 0.201. The Balaban J connectivity index is 1.93. The molecule has 0 unspecified atom stereocenters. The van der Waals surface area contributed by atoms with Gasteiger partial charge < -0.3 is 5.73 Å². The Morgan fingerprint density at radius 3 is 3.07 bits per heavy atom. The van der Waals surface area contributed by atoms with Crippen molar-refractivity contribution in [2.24, 2.45) is 5.73 Å². The molecule has 1 aliphatic rings. The van der Waals surface area contributed by atoms with Gasteiger partial charge in [0.1, 0.15) is 4.60 Å². The average Bonchev–Trinajstić information content (AvgIpc) is 2.22. The van der Waals surface area contributed by atoms with Crippen LogP contribution in [0.4, 0.5) is 0 Å². The Hall–Kier alpha value is -0.450. The minimum absolute atomic E-state index is 0.349. The first-order valence-electron chi connectivity index (χ1n) is 5.32. The molecule has 0 bridgehead atoms. The van der Waals surface area contributed by atoms with E-state index in [1.54, 1.807) is 0 Å². The van der Waals surface area contributed by atoms with Crippen LogP contribution >= 0.6 is 15.9 Å². The second kappa shape index (κ2) is 5.05. The molecule has 0 amide bonds. The van der Waals surface area contributed by atoms with Crippen LogP contribution in [0.1, 0.15) is 18.4 Å². The molecule has 2 N–H and O–H groups in total. The Morgan fingerprint density at radius 2 is 2.40 bits per heavy atom. The topological polar surface area (TPSA) is 42.1 Å². The molecule has 1 aromatic rings. The van der Waals surface area contributed by atoms with Crippen molar-refractivity contribution in [1.29, 1.82) is 0 Å². The summed E-state index contributed by atoms with van der Waals surface area (Å²) < 4.78 is 0.890. The molecule has 1 fully saturated rings. The predicted octanol–water partition coefficient (Wildman–Crippen LogP) is 1.77. The van der Waals surface area contributed by atoms with E-state index < -0.39 is 0 Å². The summed E-state index contributed by atoms with van der Waals surface area (Å²) in [6.45, 7) is 3.13. The zero-order valence-corrected chi connectivity index (χ0v) is 10.3. The van der Waals surface area contributed by atoms with E-state index in [4.69, 9.17) is 5.73 Å². The quantitative estimate of drug-likeness (QED) is 0.833. The fourth-order valence-corrected chi connectivity index (χ4v) is 2.23. The highest BCUT2D eigenvalue weighted by atomic mass is 79.9. The first-order chi connectivity index (χ1) is 7.24. The summed E-state index contributed by atoms with van der Waals surface area (Å²) in [5, 5.41) is 0. The first-order valence-corrected chi connectivity index (χ1v) is 6.12. The van der Waals surface area contributed by atoms with E-state index in [-0.39, 0.29) is 0 Å². The van der Waals surface area contributed by atoms with Crippen LogP contribution in [0.15, 0.2) is 22.9 Å². The van der Waals surface area contributed by atoms with Crippen LogP contribution in [0.25, 0.3) is 0 Å². The van der Waals surface area contributed by atoms with E-state index in [0.717, 1.165) is 30.7 Å². The molecule has 3 nitrogen and oxygen atoms in total. The molecule has 1 atom stereocenters. The minimum atomic E-state index is 0.349. The number of halogens is 1. The van der Waals surface area contributed by atoms with Gasteiger partial charge in [0.2, 0.25) is 0 Å². The lowest BCUT2D eigenvalue weighted by atomic mass is 10.1. The monoisotopic (exact) mass is 269 g/mol. The summed E-state index contributed by atoms with van der Waals surface area (Å²) in [5.41, 5.74) is 7.19. The molecule has 15 heavy (non-hydrogen) atoms. The molecular weight excluding hydrogens is 254 g/mol. The van der Waals surface area contributed by atoms with Gasteiger partial charge in [0.05, 0.1) is 0 Å². The normalized spacial score (nSPS) is 22.9. The van der Waals surface area contributed by atoms with Gasteiger partial charge >= 0.3 is 0 Å². The number of hydrogen-bond donors (Lipinski definition) is 1. The predicted molar refractivity (Wildman–Crippen MR) is 64.4 cm³/mol. The SMILES string of the molecule is N[C@H]1CCCN(Cc2ccc(Br)nc2)C1. The molecule has 0 radical (unpaired) electrons. The molecule has 1 aliphatic heterocycles. The Morgan fingerprint density at radius 1 is 1.53 bits per heavy atom. The van der Waals surface area contributed by atoms with Crippen LogP contribution in [0, 0.1) is 0 Å². The van der Waals surface area contributed by atoms with Crippen molar-refractivity contribution in [1.82, 2.24) is 9.88 Å². The van der Waals surface area contributed by atoms with Gasteiger partial charge in [0.25, 0.3) is 0 Å². The maximum Gasteiger partial charge on any atom is 0.106 e. The van der Waals surface area contributed by atoms with Crippen molar-refractivity contribution in [3.63, 3.8) is 0 Å². The molecule has 0 aliphatic carbocycles. The van der Waals surface area contributed by atoms with Gasteiger partial charge in [-0.3, -0.25) is 4.90 Å². The van der Waals surface area contributed by atoms with Gasteiger partial charge in [0, 0.05) is 25.3 Å². The van der Waals surface area contributed by atoms with Crippen molar-refractivity contribution < 1.29 is 0 Å². The standard InChI is InChI=1S/C11H16BrN3/c12-11-4-3-9(6-14-11)7-15-5-1-2-10(13)8-15/h3-4,6,10H,1-2,5,7-8,13H2/t10-/m0/s1. The summed E-state index contributed by atoms with van der Waals surface area (Å²) in [5.74, 6) is 0. The second-order valence-corrected chi connectivity index (χ2v) is 4.94. The van der Waals surface area contributed by atoms with Crippen LogP contribution in [-0.2, 0) is 6.54 Å². The van der Waals surface area contributed by atoms with Crippen molar-refractivity contribution in [3.05, 3.63) is 28.5 Å². The van der Waals surface area contributed by atoms with Crippen LogP contribution in [0.5, 0.6) is 0 Å². The number of piperidine rings is 1. The van der Waals surface area contributed by atoms with E-state index in [0.29, 0.717) is 6.04 Å². The average molecular weight is 270 g/mol. The van der Waals surface area contributed by atoms with Crippen molar-refractivity contribution >= 4 is 15.9 Å². The third-order valence-corrected chi connectivity index (χ3v) is 3.21.